The largest absolute Gasteiger partial charge is 0.462 e. The molecule has 0 spiro atoms. The van der Waals surface area contributed by atoms with Crippen LogP contribution in [0.1, 0.15) is 51.0 Å². The number of nitrogens with zero attached hydrogens (tertiary/aromatic N) is 1. The summed E-state index contributed by atoms with van der Waals surface area (Å²) in [5, 5.41) is 0. The first-order chi connectivity index (χ1) is 12.0. The molecule has 0 radical (unpaired) electrons. The Morgan fingerprint density at radius 2 is 2.12 bits per heavy atom. The number of carbonyl (C=O) groups excluding carboxylic acids is 2. The minimum absolute atomic E-state index is 0.0625. The normalized spacial score (nSPS) is 23.2. The van der Waals surface area contributed by atoms with Crippen LogP contribution in [-0.2, 0) is 14.3 Å². The van der Waals surface area contributed by atoms with Crippen LogP contribution in [-0.4, -0.2) is 24.1 Å². The number of esters is 1. The first kappa shape index (κ1) is 17.5. The van der Waals surface area contributed by atoms with Crippen LogP contribution >= 0.6 is 0 Å². The fraction of sp³-hybridized carbons (Fsp3) is 0.450. The number of hydrogen-bond acceptors (Lipinski definition) is 4. The van der Waals surface area contributed by atoms with E-state index >= 15 is 0 Å². The van der Waals surface area contributed by atoms with Crippen LogP contribution in [0.5, 0.6) is 0 Å². The van der Waals surface area contributed by atoms with Crippen molar-refractivity contribution in [3.05, 3.63) is 46.9 Å². The Morgan fingerprint density at radius 1 is 1.32 bits per heavy atom. The Hall–Kier alpha value is -2.30. The quantitative estimate of drug-likeness (QED) is 0.778. The fourth-order valence-corrected chi connectivity index (χ4v) is 3.72. The van der Waals surface area contributed by atoms with Crippen molar-refractivity contribution in [1.29, 1.82) is 0 Å². The van der Waals surface area contributed by atoms with Gasteiger partial charge in [-0.05, 0) is 43.9 Å². The van der Waals surface area contributed by atoms with E-state index in [-0.39, 0.29) is 11.6 Å². The third-order valence-electron chi connectivity index (χ3n) is 4.77. The van der Waals surface area contributed by atoms with Crippen LogP contribution in [0.15, 0.2) is 40.5 Å². The van der Waals surface area contributed by atoms with Gasteiger partial charge in [0.2, 0.25) is 0 Å². The molecule has 1 aliphatic heterocycles. The topological polar surface area (TPSA) is 55.7 Å². The SMILES string of the molecule is CCCOC(=O)C1=C(C)N=C2CCCC(=O)[C@@H]2[C@H]1c1cccc(F)c1. The fourth-order valence-electron chi connectivity index (χ4n) is 3.72. The highest BCUT2D eigenvalue weighted by molar-refractivity contribution is 6.11. The van der Waals surface area contributed by atoms with Crippen LogP contribution < -0.4 is 0 Å². The predicted octanol–water partition coefficient (Wildman–Crippen LogP) is 3.96. The van der Waals surface area contributed by atoms with Gasteiger partial charge in [-0.25, -0.2) is 9.18 Å². The number of ketones is 1. The number of allylic oxidation sites excluding steroid dienone is 1. The predicted molar refractivity (Wildman–Crippen MR) is 92.9 cm³/mol. The van der Waals surface area contributed by atoms with E-state index in [4.69, 9.17) is 4.74 Å². The van der Waals surface area contributed by atoms with Gasteiger partial charge in [0, 0.05) is 23.7 Å². The van der Waals surface area contributed by atoms with Crippen molar-refractivity contribution in [3.8, 4) is 0 Å². The lowest BCUT2D eigenvalue weighted by Gasteiger charge is -2.35. The van der Waals surface area contributed by atoms with E-state index in [1.165, 1.54) is 12.1 Å². The maximum atomic E-state index is 13.8. The van der Waals surface area contributed by atoms with Gasteiger partial charge in [-0.1, -0.05) is 19.1 Å². The van der Waals surface area contributed by atoms with Crippen LogP contribution in [0.4, 0.5) is 4.39 Å². The molecule has 0 saturated heterocycles. The minimum Gasteiger partial charge on any atom is -0.462 e. The maximum absolute atomic E-state index is 13.8. The van der Waals surface area contributed by atoms with Gasteiger partial charge in [-0.15, -0.1) is 0 Å². The molecule has 5 heteroatoms. The van der Waals surface area contributed by atoms with Gasteiger partial charge in [0.05, 0.1) is 18.1 Å². The molecule has 0 N–H and O–H groups in total. The lowest BCUT2D eigenvalue weighted by molar-refractivity contribution is -0.139. The average molecular weight is 343 g/mol. The second-order valence-corrected chi connectivity index (χ2v) is 6.57. The summed E-state index contributed by atoms with van der Waals surface area (Å²) in [4.78, 5) is 29.8. The summed E-state index contributed by atoms with van der Waals surface area (Å²) in [6.45, 7) is 3.98. The van der Waals surface area contributed by atoms with Crippen molar-refractivity contribution in [3.63, 3.8) is 0 Å². The Bertz CT molecular complexity index is 766. The van der Waals surface area contributed by atoms with Crippen LogP contribution in [0.2, 0.25) is 0 Å². The van der Waals surface area contributed by atoms with E-state index in [2.05, 4.69) is 4.99 Å². The standard InChI is InChI=1S/C20H22FNO3/c1-3-10-25-20(24)17-12(2)22-15-8-5-9-16(23)19(15)18(17)13-6-4-7-14(21)11-13/h4,6-7,11,18-19H,3,5,8-10H2,1-2H3/t18-,19+/m0/s1. The summed E-state index contributed by atoms with van der Waals surface area (Å²) in [6.07, 6.45) is 2.68. The Balaban J connectivity index is 2.11. The number of carbonyl (C=O) groups is 2. The molecule has 1 aromatic carbocycles. The molecule has 0 unspecified atom stereocenters. The van der Waals surface area contributed by atoms with E-state index in [0.717, 1.165) is 18.6 Å². The average Bonchev–Trinajstić information content (AvgIpc) is 2.58. The number of Topliss-reactive ketones (excluding diaryl/α,β-unsaturated/α-hetero) is 1. The Kier molecular flexibility index (Phi) is 5.11. The van der Waals surface area contributed by atoms with Gasteiger partial charge in [0.15, 0.2) is 0 Å². The summed E-state index contributed by atoms with van der Waals surface area (Å²) < 4.78 is 19.2. The summed E-state index contributed by atoms with van der Waals surface area (Å²) in [5.74, 6) is -1.81. The zero-order valence-corrected chi connectivity index (χ0v) is 14.5. The molecule has 1 saturated carbocycles. The summed E-state index contributed by atoms with van der Waals surface area (Å²) in [6, 6.07) is 6.12. The minimum atomic E-state index is -0.527. The third kappa shape index (κ3) is 3.41. The van der Waals surface area contributed by atoms with Crippen LogP contribution in [0, 0.1) is 11.7 Å². The molecule has 4 nitrogen and oxygen atoms in total. The highest BCUT2D eigenvalue weighted by Crippen LogP contribution is 2.43. The second kappa shape index (κ2) is 7.30. The van der Waals surface area contributed by atoms with Crippen LogP contribution in [0.3, 0.4) is 0 Å². The molecular formula is C20H22FNO3. The number of ether oxygens (including phenoxy) is 1. The third-order valence-corrected chi connectivity index (χ3v) is 4.77. The van der Waals surface area contributed by atoms with Crippen molar-refractivity contribution >= 4 is 17.5 Å². The molecule has 0 aromatic heterocycles. The van der Waals surface area contributed by atoms with Gasteiger partial charge in [-0.2, -0.15) is 0 Å². The van der Waals surface area contributed by atoms with E-state index in [9.17, 15) is 14.0 Å². The monoisotopic (exact) mass is 343 g/mol. The summed E-state index contributed by atoms with van der Waals surface area (Å²) in [7, 11) is 0. The zero-order chi connectivity index (χ0) is 18.0. The van der Waals surface area contributed by atoms with Gasteiger partial charge < -0.3 is 4.74 Å². The summed E-state index contributed by atoms with van der Waals surface area (Å²) >= 11 is 0. The number of hydrogen-bond donors (Lipinski definition) is 0. The molecule has 1 aromatic rings. The van der Waals surface area contributed by atoms with Crippen molar-refractivity contribution in [2.24, 2.45) is 10.9 Å². The molecule has 2 atom stereocenters. The molecule has 3 rings (SSSR count). The molecule has 2 aliphatic rings. The highest BCUT2D eigenvalue weighted by atomic mass is 19.1. The Labute approximate surface area is 146 Å². The van der Waals surface area contributed by atoms with Crippen molar-refractivity contribution in [1.82, 2.24) is 0 Å². The van der Waals surface area contributed by atoms with Gasteiger partial charge >= 0.3 is 5.97 Å². The molecular weight excluding hydrogens is 321 g/mol. The number of halogens is 1. The van der Waals surface area contributed by atoms with Gasteiger partial charge in [0.25, 0.3) is 0 Å². The number of rotatable bonds is 4. The Morgan fingerprint density at radius 3 is 2.84 bits per heavy atom. The lowest BCUT2D eigenvalue weighted by Crippen LogP contribution is -2.39. The molecule has 25 heavy (non-hydrogen) atoms. The maximum Gasteiger partial charge on any atom is 0.336 e. The molecule has 132 valence electrons. The first-order valence-electron chi connectivity index (χ1n) is 8.76. The van der Waals surface area contributed by atoms with Crippen molar-refractivity contribution in [2.75, 3.05) is 6.61 Å². The van der Waals surface area contributed by atoms with E-state index < -0.39 is 17.8 Å². The molecule has 0 bridgehead atoms. The number of aliphatic imine (C=N–C) groups is 1. The van der Waals surface area contributed by atoms with E-state index in [1.807, 2.05) is 6.92 Å². The smallest absolute Gasteiger partial charge is 0.336 e. The van der Waals surface area contributed by atoms with Crippen molar-refractivity contribution < 1.29 is 18.7 Å². The van der Waals surface area contributed by atoms with E-state index in [1.54, 1.807) is 19.1 Å². The van der Waals surface area contributed by atoms with E-state index in [0.29, 0.717) is 36.3 Å². The van der Waals surface area contributed by atoms with Gasteiger partial charge in [-0.3, -0.25) is 9.79 Å². The highest BCUT2D eigenvalue weighted by Gasteiger charge is 2.43. The molecule has 1 aliphatic carbocycles. The lowest BCUT2D eigenvalue weighted by atomic mass is 9.69. The van der Waals surface area contributed by atoms with Gasteiger partial charge in [0.1, 0.15) is 11.6 Å². The number of benzene rings is 1. The zero-order valence-electron chi connectivity index (χ0n) is 14.5. The molecule has 0 amide bonds. The molecule has 1 heterocycles. The second-order valence-electron chi connectivity index (χ2n) is 6.57. The van der Waals surface area contributed by atoms with Crippen LogP contribution in [0.25, 0.3) is 0 Å². The molecule has 1 fully saturated rings. The van der Waals surface area contributed by atoms with Crippen molar-refractivity contribution in [2.45, 2.75) is 45.4 Å². The summed E-state index contributed by atoms with van der Waals surface area (Å²) in [5.41, 5.74) is 2.37. The number of fused-ring (bicyclic) bond motifs is 1. The first-order valence-corrected chi connectivity index (χ1v) is 8.76.